The average molecular weight is 231 g/mol. The van der Waals surface area contributed by atoms with Crippen LogP contribution in [0.15, 0.2) is 12.3 Å². The fourth-order valence-electron chi connectivity index (χ4n) is 1.40. The molecule has 2 N–H and O–H groups in total. The molecule has 0 radical (unpaired) electrons. The highest BCUT2D eigenvalue weighted by atomic mass is 32.2. The lowest BCUT2D eigenvalue weighted by molar-refractivity contribution is 0.537. The molecular weight excluding hydrogens is 214 g/mol. The van der Waals surface area contributed by atoms with E-state index in [4.69, 9.17) is 5.73 Å². The minimum absolute atomic E-state index is 0.526. The van der Waals surface area contributed by atoms with Gasteiger partial charge in [0.05, 0.1) is 17.0 Å². The molecule has 1 aromatic heterocycles. The topological polar surface area (TPSA) is 78.0 Å². The molecule has 1 aromatic rings. The van der Waals surface area contributed by atoms with E-state index in [-0.39, 0.29) is 0 Å². The Morgan fingerprint density at radius 2 is 2.20 bits per heavy atom. The normalized spacial score (nSPS) is 16.3. The van der Waals surface area contributed by atoms with Crippen LogP contribution >= 0.6 is 0 Å². The second-order valence-corrected chi connectivity index (χ2v) is 6.03. The van der Waals surface area contributed by atoms with Gasteiger partial charge in [-0.25, -0.2) is 8.42 Å². The molecule has 0 aliphatic rings. The number of hydrogen-bond donors (Lipinski definition) is 1. The molecule has 0 fully saturated rings. The van der Waals surface area contributed by atoms with Crippen molar-refractivity contribution >= 4 is 9.84 Å². The number of rotatable bonds is 4. The van der Waals surface area contributed by atoms with Crippen LogP contribution in [0.25, 0.3) is 0 Å². The number of aryl methyl sites for hydroxylation is 1. The van der Waals surface area contributed by atoms with Crippen molar-refractivity contribution < 1.29 is 8.42 Å². The van der Waals surface area contributed by atoms with E-state index in [0.717, 1.165) is 5.69 Å². The van der Waals surface area contributed by atoms with Gasteiger partial charge in [-0.05, 0) is 19.9 Å². The van der Waals surface area contributed by atoms with Gasteiger partial charge in [0.1, 0.15) is 0 Å². The van der Waals surface area contributed by atoms with Crippen molar-refractivity contribution in [2.75, 3.05) is 6.26 Å². The highest BCUT2D eigenvalue weighted by molar-refractivity contribution is 7.91. The lowest BCUT2D eigenvalue weighted by Gasteiger charge is -2.19. The van der Waals surface area contributed by atoms with Gasteiger partial charge in [0.15, 0.2) is 9.84 Å². The molecule has 0 saturated carbocycles. The first kappa shape index (κ1) is 12.2. The highest BCUT2D eigenvalue weighted by Gasteiger charge is 2.26. The van der Waals surface area contributed by atoms with Gasteiger partial charge >= 0.3 is 0 Å². The van der Waals surface area contributed by atoms with Gasteiger partial charge in [-0.15, -0.1) is 0 Å². The molecule has 0 bridgehead atoms. The Morgan fingerprint density at radius 1 is 1.60 bits per heavy atom. The summed E-state index contributed by atoms with van der Waals surface area (Å²) in [5.74, 6) is 0. The third-order valence-electron chi connectivity index (χ3n) is 2.57. The van der Waals surface area contributed by atoms with E-state index in [1.54, 1.807) is 23.9 Å². The quantitative estimate of drug-likeness (QED) is 0.810. The highest BCUT2D eigenvalue weighted by Crippen LogP contribution is 2.18. The summed E-state index contributed by atoms with van der Waals surface area (Å²) in [6, 6.07) is 1.23. The zero-order valence-corrected chi connectivity index (χ0v) is 10.0. The molecule has 0 saturated heterocycles. The molecule has 0 amide bonds. The maximum Gasteiger partial charge on any atom is 0.151 e. The van der Waals surface area contributed by atoms with Crippen LogP contribution in [0.4, 0.5) is 0 Å². The lowest BCUT2D eigenvalue weighted by Crippen LogP contribution is -2.32. The van der Waals surface area contributed by atoms with Crippen molar-refractivity contribution in [2.45, 2.75) is 31.7 Å². The third kappa shape index (κ3) is 2.57. The third-order valence-corrected chi connectivity index (χ3v) is 4.22. The monoisotopic (exact) mass is 231 g/mol. The largest absolute Gasteiger partial charge is 0.322 e. The summed E-state index contributed by atoms with van der Waals surface area (Å²) < 4.78 is 24.4. The van der Waals surface area contributed by atoms with Crippen LogP contribution in [-0.2, 0) is 16.4 Å². The van der Waals surface area contributed by atoms with Crippen molar-refractivity contribution in [3.05, 3.63) is 18.0 Å². The smallest absolute Gasteiger partial charge is 0.151 e. The van der Waals surface area contributed by atoms with Gasteiger partial charge < -0.3 is 5.73 Å². The van der Waals surface area contributed by atoms with Crippen molar-refractivity contribution in [3.63, 3.8) is 0 Å². The van der Waals surface area contributed by atoms with E-state index in [2.05, 4.69) is 5.10 Å². The first-order valence-electron chi connectivity index (χ1n) is 4.84. The molecule has 15 heavy (non-hydrogen) atoms. The van der Waals surface area contributed by atoms with Crippen LogP contribution in [0.2, 0.25) is 0 Å². The van der Waals surface area contributed by atoms with Crippen LogP contribution in [0.5, 0.6) is 0 Å². The van der Waals surface area contributed by atoms with Crippen molar-refractivity contribution in [1.29, 1.82) is 0 Å². The maximum atomic E-state index is 11.4. The summed E-state index contributed by atoms with van der Waals surface area (Å²) in [7, 11) is -3.12. The van der Waals surface area contributed by atoms with Crippen molar-refractivity contribution in [3.8, 4) is 0 Å². The second kappa shape index (κ2) is 4.32. The molecule has 6 heteroatoms. The summed E-state index contributed by atoms with van der Waals surface area (Å²) in [5, 5.41) is 3.46. The summed E-state index contributed by atoms with van der Waals surface area (Å²) >= 11 is 0. The van der Waals surface area contributed by atoms with Crippen LogP contribution in [0.3, 0.4) is 0 Å². The maximum absolute atomic E-state index is 11.4. The van der Waals surface area contributed by atoms with E-state index in [9.17, 15) is 8.42 Å². The SMILES string of the molecule is CCn1nccc1C(N)C(C)S(C)(=O)=O. The summed E-state index contributed by atoms with van der Waals surface area (Å²) in [6.45, 7) is 4.24. The van der Waals surface area contributed by atoms with Crippen LogP contribution in [-0.4, -0.2) is 29.7 Å². The van der Waals surface area contributed by atoms with Gasteiger partial charge in [-0.1, -0.05) is 0 Å². The first-order chi connectivity index (χ1) is 6.88. The molecule has 0 aliphatic carbocycles. The number of aromatic nitrogens is 2. The van der Waals surface area contributed by atoms with Crippen LogP contribution in [0, 0.1) is 0 Å². The Balaban J connectivity index is 2.99. The van der Waals surface area contributed by atoms with Crippen LogP contribution in [0.1, 0.15) is 25.6 Å². The molecule has 2 atom stereocenters. The lowest BCUT2D eigenvalue weighted by atomic mass is 10.1. The van der Waals surface area contributed by atoms with Gasteiger partial charge in [-0.2, -0.15) is 5.10 Å². The standard InChI is InChI=1S/C9H17N3O2S/c1-4-12-8(5-6-11-12)9(10)7(2)15(3,13)14/h5-7,9H,4,10H2,1-3H3. The minimum Gasteiger partial charge on any atom is -0.322 e. The Morgan fingerprint density at radius 3 is 2.67 bits per heavy atom. The van der Waals surface area contributed by atoms with Gasteiger partial charge in [0, 0.05) is 19.0 Å². The molecule has 2 unspecified atom stereocenters. The van der Waals surface area contributed by atoms with Gasteiger partial charge in [0.25, 0.3) is 0 Å². The number of sulfone groups is 1. The summed E-state index contributed by atoms with van der Waals surface area (Å²) in [5.41, 5.74) is 6.67. The number of nitrogens with zero attached hydrogens (tertiary/aromatic N) is 2. The Bertz CT molecular complexity index is 424. The zero-order chi connectivity index (χ0) is 11.6. The molecule has 0 spiro atoms. The molecule has 1 rings (SSSR count). The van der Waals surface area contributed by atoms with Crippen molar-refractivity contribution in [1.82, 2.24) is 9.78 Å². The Labute approximate surface area is 90.2 Å². The fourth-order valence-corrected chi connectivity index (χ4v) is 2.07. The van der Waals surface area contributed by atoms with E-state index in [1.807, 2.05) is 6.92 Å². The van der Waals surface area contributed by atoms with E-state index >= 15 is 0 Å². The molecule has 5 nitrogen and oxygen atoms in total. The van der Waals surface area contributed by atoms with Crippen LogP contribution < -0.4 is 5.73 Å². The predicted octanol–water partition coefficient (Wildman–Crippen LogP) is 0.336. The zero-order valence-electron chi connectivity index (χ0n) is 9.21. The first-order valence-corrected chi connectivity index (χ1v) is 6.79. The Kier molecular flexibility index (Phi) is 3.51. The Hall–Kier alpha value is -0.880. The van der Waals surface area contributed by atoms with E-state index < -0.39 is 21.1 Å². The number of hydrogen-bond acceptors (Lipinski definition) is 4. The van der Waals surface area contributed by atoms with E-state index in [1.165, 1.54) is 6.26 Å². The molecule has 1 heterocycles. The van der Waals surface area contributed by atoms with Gasteiger partial charge in [0.2, 0.25) is 0 Å². The molecular formula is C9H17N3O2S. The fraction of sp³-hybridized carbons (Fsp3) is 0.667. The second-order valence-electron chi connectivity index (χ2n) is 3.63. The molecule has 0 aliphatic heterocycles. The van der Waals surface area contributed by atoms with E-state index in [0.29, 0.717) is 6.54 Å². The summed E-state index contributed by atoms with van der Waals surface area (Å²) in [4.78, 5) is 0. The number of nitrogens with two attached hydrogens (primary N) is 1. The van der Waals surface area contributed by atoms with Crippen molar-refractivity contribution in [2.24, 2.45) is 5.73 Å². The molecule has 0 aromatic carbocycles. The minimum atomic E-state index is -3.12. The van der Waals surface area contributed by atoms with Gasteiger partial charge in [-0.3, -0.25) is 4.68 Å². The predicted molar refractivity (Wildman–Crippen MR) is 59.1 cm³/mol. The summed E-state index contributed by atoms with van der Waals surface area (Å²) in [6.07, 6.45) is 2.83. The average Bonchev–Trinajstić information content (AvgIpc) is 2.61. The molecule has 86 valence electrons.